The van der Waals surface area contributed by atoms with Crippen LogP contribution in [0.2, 0.25) is 0 Å². The summed E-state index contributed by atoms with van der Waals surface area (Å²) in [6.45, 7) is 6.97. The Morgan fingerprint density at radius 2 is 1.13 bits per heavy atom. The normalized spacial score (nSPS) is 11.5. The minimum atomic E-state index is -0.851. The topological polar surface area (TPSA) is 88.1 Å². The van der Waals surface area contributed by atoms with Gasteiger partial charge in [-0.1, -0.05) is 85.0 Å². The van der Waals surface area contributed by atoms with E-state index < -0.39 is 23.7 Å². The van der Waals surface area contributed by atoms with Gasteiger partial charge in [0.15, 0.2) is 0 Å². The average molecular weight is 635 g/mol. The van der Waals surface area contributed by atoms with E-state index in [1.54, 1.807) is 24.3 Å². The number of ether oxygens (including phenoxy) is 4. The molecule has 0 aliphatic heterocycles. The first-order valence-corrected chi connectivity index (χ1v) is 16.5. The molecule has 8 heteroatoms. The molecule has 0 amide bonds. The second-order valence-electron chi connectivity index (χ2n) is 11.6. The summed E-state index contributed by atoms with van der Waals surface area (Å²) in [5.74, 6) is -1.86. The molecule has 0 heterocycles. The van der Waals surface area contributed by atoms with E-state index in [4.69, 9.17) is 18.9 Å². The molecule has 3 aromatic carbocycles. The number of benzene rings is 3. The van der Waals surface area contributed by atoms with Crippen LogP contribution in [-0.4, -0.2) is 31.1 Å². The maximum absolute atomic E-state index is 14.5. The van der Waals surface area contributed by atoms with Gasteiger partial charge in [-0.15, -0.1) is 0 Å². The minimum Gasteiger partial charge on any atom is -0.494 e. The molecule has 0 fully saturated rings. The fraction of sp³-hybridized carbons (Fsp3) is 0.447. The summed E-state index contributed by atoms with van der Waals surface area (Å²) < 4.78 is 36.1. The van der Waals surface area contributed by atoms with Gasteiger partial charge in [-0.25, -0.2) is 18.8 Å². The molecule has 248 valence electrons. The van der Waals surface area contributed by atoms with Gasteiger partial charge in [0.2, 0.25) is 0 Å². The quantitative estimate of drug-likeness (QED) is 0.0694. The number of hydrogen-bond acceptors (Lipinski definition) is 7. The zero-order chi connectivity index (χ0) is 33.1. The van der Waals surface area contributed by atoms with Crippen LogP contribution in [0.5, 0.6) is 17.2 Å². The van der Waals surface area contributed by atoms with E-state index in [-0.39, 0.29) is 35.2 Å². The summed E-state index contributed by atoms with van der Waals surface area (Å²) >= 11 is 0. The van der Waals surface area contributed by atoms with Crippen LogP contribution in [0.3, 0.4) is 0 Å². The minimum absolute atomic E-state index is 0.0626. The maximum Gasteiger partial charge on any atom is 0.343 e. The molecule has 0 saturated heterocycles. The average Bonchev–Trinajstić information content (AvgIpc) is 3.06. The van der Waals surface area contributed by atoms with Crippen molar-refractivity contribution in [3.8, 4) is 17.2 Å². The van der Waals surface area contributed by atoms with Crippen molar-refractivity contribution in [2.75, 3.05) is 13.2 Å². The Hall–Kier alpha value is -4.20. The molecule has 46 heavy (non-hydrogen) atoms. The first kappa shape index (κ1) is 36.3. The summed E-state index contributed by atoms with van der Waals surface area (Å²) in [6.07, 6.45) is 13.5. The molecular weight excluding hydrogens is 587 g/mol. The maximum atomic E-state index is 14.5. The molecule has 0 radical (unpaired) electrons. The number of carbonyl (C=O) groups excluding carboxylic acids is 3. The smallest absolute Gasteiger partial charge is 0.343 e. The van der Waals surface area contributed by atoms with E-state index in [1.165, 1.54) is 87.8 Å². The Bertz CT molecular complexity index is 1370. The number of hydrogen-bond donors (Lipinski definition) is 0. The second kappa shape index (κ2) is 20.0. The lowest BCUT2D eigenvalue weighted by Crippen LogP contribution is -2.13. The van der Waals surface area contributed by atoms with Crippen molar-refractivity contribution in [1.82, 2.24) is 0 Å². The van der Waals surface area contributed by atoms with Crippen LogP contribution in [0.4, 0.5) is 4.39 Å². The third-order valence-corrected chi connectivity index (χ3v) is 7.72. The van der Waals surface area contributed by atoms with Crippen molar-refractivity contribution in [3.63, 3.8) is 0 Å². The first-order chi connectivity index (χ1) is 22.3. The Balaban J connectivity index is 1.39. The van der Waals surface area contributed by atoms with Crippen molar-refractivity contribution in [3.05, 3.63) is 89.2 Å². The Morgan fingerprint density at radius 3 is 1.67 bits per heavy atom. The molecule has 0 aromatic heterocycles. The standard InChI is InChI=1S/C38H47FO7/c1-4-6-7-8-9-10-11-12-13-14-25-43-31-19-15-29(16-20-31)36(40)45-32-21-17-30(18-22-32)37(41)46-33-23-24-34(35(39)26-33)38(42)44-27-28(3)5-2/h15-24,26,28H,4-14,25,27H2,1-3H3/t28-/m0/s1. The second-order valence-corrected chi connectivity index (χ2v) is 11.6. The Labute approximate surface area is 272 Å². The molecule has 0 aliphatic rings. The van der Waals surface area contributed by atoms with E-state index >= 15 is 0 Å². The predicted molar refractivity (Wildman–Crippen MR) is 176 cm³/mol. The monoisotopic (exact) mass is 634 g/mol. The summed E-state index contributed by atoms with van der Waals surface area (Å²) in [5.41, 5.74) is 0.297. The van der Waals surface area contributed by atoms with Gasteiger partial charge in [-0.2, -0.15) is 0 Å². The number of halogens is 1. The molecule has 0 saturated carbocycles. The third-order valence-electron chi connectivity index (χ3n) is 7.72. The van der Waals surface area contributed by atoms with Crippen LogP contribution in [0.1, 0.15) is 122 Å². The van der Waals surface area contributed by atoms with Crippen LogP contribution in [0, 0.1) is 11.7 Å². The van der Waals surface area contributed by atoms with Crippen molar-refractivity contribution in [2.45, 2.75) is 91.4 Å². The molecule has 0 N–H and O–H groups in total. The number of rotatable bonds is 20. The van der Waals surface area contributed by atoms with E-state index in [0.717, 1.165) is 25.3 Å². The predicted octanol–water partition coefficient (Wildman–Crippen LogP) is 9.77. The lowest BCUT2D eigenvalue weighted by molar-refractivity contribution is 0.0441. The number of unbranched alkanes of at least 4 members (excludes halogenated alkanes) is 9. The molecule has 0 bridgehead atoms. The summed E-state index contributed by atoms with van der Waals surface area (Å²) in [5, 5.41) is 0. The lowest BCUT2D eigenvalue weighted by Gasteiger charge is -2.11. The summed E-state index contributed by atoms with van der Waals surface area (Å²) in [4.78, 5) is 37.3. The highest BCUT2D eigenvalue weighted by Gasteiger charge is 2.17. The fourth-order valence-corrected chi connectivity index (χ4v) is 4.60. The molecule has 3 aromatic rings. The first-order valence-electron chi connectivity index (χ1n) is 16.5. The van der Waals surface area contributed by atoms with Crippen LogP contribution >= 0.6 is 0 Å². The van der Waals surface area contributed by atoms with Crippen LogP contribution in [0.15, 0.2) is 66.7 Å². The van der Waals surface area contributed by atoms with Crippen molar-refractivity contribution < 1.29 is 37.7 Å². The zero-order valence-electron chi connectivity index (χ0n) is 27.4. The van der Waals surface area contributed by atoms with E-state index in [0.29, 0.717) is 17.9 Å². The van der Waals surface area contributed by atoms with Gasteiger partial charge in [-0.3, -0.25) is 0 Å². The van der Waals surface area contributed by atoms with Gasteiger partial charge in [0.1, 0.15) is 23.1 Å². The van der Waals surface area contributed by atoms with Crippen LogP contribution < -0.4 is 14.2 Å². The molecule has 0 aliphatic carbocycles. The highest BCUT2D eigenvalue weighted by molar-refractivity contribution is 5.93. The SMILES string of the molecule is CCCCCCCCCCCCOc1ccc(C(=O)Oc2ccc(C(=O)Oc3ccc(C(=O)OC[C@@H](C)CC)c(F)c3)cc2)cc1. The number of carbonyl (C=O) groups is 3. The van der Waals surface area contributed by atoms with Crippen molar-refractivity contribution >= 4 is 17.9 Å². The molecular formula is C38H47FO7. The van der Waals surface area contributed by atoms with Crippen molar-refractivity contribution in [1.29, 1.82) is 0 Å². The molecule has 0 spiro atoms. The van der Waals surface area contributed by atoms with Gasteiger partial charge in [-0.05, 0) is 73.0 Å². The van der Waals surface area contributed by atoms with Crippen LogP contribution in [-0.2, 0) is 4.74 Å². The van der Waals surface area contributed by atoms with Crippen LogP contribution in [0.25, 0.3) is 0 Å². The largest absolute Gasteiger partial charge is 0.494 e. The molecule has 3 rings (SSSR count). The third kappa shape index (κ3) is 12.7. The highest BCUT2D eigenvalue weighted by Crippen LogP contribution is 2.21. The lowest BCUT2D eigenvalue weighted by atomic mass is 10.1. The zero-order valence-corrected chi connectivity index (χ0v) is 27.4. The van der Waals surface area contributed by atoms with E-state index in [2.05, 4.69) is 6.92 Å². The summed E-state index contributed by atoms with van der Waals surface area (Å²) in [6, 6.07) is 16.1. The van der Waals surface area contributed by atoms with E-state index in [1.807, 2.05) is 13.8 Å². The van der Waals surface area contributed by atoms with Gasteiger partial charge in [0.25, 0.3) is 0 Å². The molecule has 0 unspecified atom stereocenters. The van der Waals surface area contributed by atoms with Gasteiger partial charge in [0, 0.05) is 6.07 Å². The Morgan fingerprint density at radius 1 is 0.630 bits per heavy atom. The fourth-order valence-electron chi connectivity index (χ4n) is 4.60. The highest BCUT2D eigenvalue weighted by atomic mass is 19.1. The summed E-state index contributed by atoms with van der Waals surface area (Å²) in [7, 11) is 0. The molecule has 1 atom stereocenters. The van der Waals surface area contributed by atoms with Crippen molar-refractivity contribution in [2.24, 2.45) is 5.92 Å². The van der Waals surface area contributed by atoms with Gasteiger partial charge in [0.05, 0.1) is 29.9 Å². The van der Waals surface area contributed by atoms with Gasteiger partial charge < -0.3 is 18.9 Å². The van der Waals surface area contributed by atoms with E-state index in [9.17, 15) is 18.8 Å². The Kier molecular flexibility index (Phi) is 15.8. The van der Waals surface area contributed by atoms with Gasteiger partial charge >= 0.3 is 17.9 Å². The molecule has 7 nitrogen and oxygen atoms in total. The number of esters is 3.